The Kier molecular flexibility index (Phi) is 10.2. The summed E-state index contributed by atoms with van der Waals surface area (Å²) in [5.74, 6) is -0.180. The van der Waals surface area contributed by atoms with Gasteiger partial charge in [-0.3, -0.25) is 4.90 Å². The molecule has 2 aromatic rings. The monoisotopic (exact) mass is 578 g/mol. The van der Waals surface area contributed by atoms with Gasteiger partial charge >= 0.3 is 11.9 Å². The number of aromatic carboxylic acids is 1. The topological polar surface area (TPSA) is 79.3 Å². The zero-order chi connectivity index (χ0) is 29.1. The summed E-state index contributed by atoms with van der Waals surface area (Å²) in [5.41, 5.74) is 5.05. The zero-order valence-electron chi connectivity index (χ0n) is 24.6. The third-order valence-corrected chi connectivity index (χ3v) is 7.41. The Hall–Kier alpha value is -3.81. The smallest absolute Gasteiger partial charge is 0.336 e. The minimum absolute atomic E-state index is 0. The third kappa shape index (κ3) is 6.42. The standard InChI is InChI=1S/C33H38N2O5.ClH/c1-8-28(40-33(38)20(4)5)21-11-14-24(27(17-21)32(36)37)31-25-15-12-22(34(6)7)18-29(25)39-30-19-23(13-16-26(30)31)35(9-2)10-3;/h11-19,23,28H,4,8-10H2,1-3,5-7H3,(H,36,37);1H. The number of carbonyl (C=O) groups is 2. The SMILES string of the molecule is C=C(C)C(=O)OC(CC)c1ccc(C2=C3C=CC(N(CC)CC)C=C3Oc3cc(N(C)C)ccc32)c(C(=O)O)c1.Cl. The molecule has 0 spiro atoms. The molecule has 218 valence electrons. The highest BCUT2D eigenvalue weighted by molar-refractivity contribution is 6.01. The van der Waals surface area contributed by atoms with Gasteiger partial charge in [-0.25, -0.2) is 9.59 Å². The number of fused-ring (bicyclic) bond motifs is 2. The van der Waals surface area contributed by atoms with Crippen molar-refractivity contribution in [2.45, 2.75) is 46.3 Å². The molecule has 2 aliphatic rings. The van der Waals surface area contributed by atoms with Gasteiger partial charge in [-0.05, 0) is 61.8 Å². The van der Waals surface area contributed by atoms with Crippen molar-refractivity contribution in [3.63, 3.8) is 0 Å². The van der Waals surface area contributed by atoms with Crippen molar-refractivity contribution >= 4 is 35.6 Å². The first kappa shape index (κ1) is 31.7. The number of nitrogens with zero attached hydrogens (tertiary/aromatic N) is 2. The number of ether oxygens (including phenoxy) is 2. The average molecular weight is 579 g/mol. The Labute approximate surface area is 248 Å². The lowest BCUT2D eigenvalue weighted by Gasteiger charge is -2.32. The molecule has 1 aliphatic heterocycles. The van der Waals surface area contributed by atoms with Gasteiger partial charge in [0.1, 0.15) is 17.6 Å². The van der Waals surface area contributed by atoms with E-state index in [1.165, 1.54) is 0 Å². The van der Waals surface area contributed by atoms with E-state index in [2.05, 4.69) is 37.5 Å². The van der Waals surface area contributed by atoms with E-state index in [1.54, 1.807) is 13.0 Å². The number of esters is 1. The summed E-state index contributed by atoms with van der Waals surface area (Å²) in [5, 5.41) is 10.4. The van der Waals surface area contributed by atoms with E-state index >= 15 is 0 Å². The van der Waals surface area contributed by atoms with Gasteiger partial charge in [-0.15, -0.1) is 12.4 Å². The van der Waals surface area contributed by atoms with Crippen LogP contribution in [0.25, 0.3) is 5.57 Å². The van der Waals surface area contributed by atoms with Gasteiger partial charge in [0.25, 0.3) is 0 Å². The summed E-state index contributed by atoms with van der Waals surface area (Å²) in [6, 6.07) is 11.3. The number of hydrogen-bond donors (Lipinski definition) is 1. The molecular weight excluding hydrogens is 540 g/mol. The van der Waals surface area contributed by atoms with Crippen LogP contribution in [-0.4, -0.2) is 55.2 Å². The first-order valence-electron chi connectivity index (χ1n) is 13.7. The molecule has 0 bridgehead atoms. The largest absolute Gasteiger partial charge is 0.478 e. The van der Waals surface area contributed by atoms with Gasteiger partial charge in [-0.2, -0.15) is 0 Å². The first-order valence-corrected chi connectivity index (χ1v) is 13.7. The van der Waals surface area contributed by atoms with E-state index in [9.17, 15) is 14.7 Å². The maximum atomic E-state index is 12.7. The maximum Gasteiger partial charge on any atom is 0.336 e. The molecule has 2 unspecified atom stereocenters. The molecule has 1 N–H and O–H groups in total. The summed E-state index contributed by atoms with van der Waals surface area (Å²) in [4.78, 5) is 29.2. The van der Waals surface area contributed by atoms with Crippen LogP contribution >= 0.6 is 12.4 Å². The van der Waals surface area contributed by atoms with E-state index in [-0.39, 0.29) is 24.0 Å². The Balaban J connectivity index is 0.00000462. The molecule has 0 radical (unpaired) electrons. The normalized spacial score (nSPS) is 16.1. The predicted octanol–water partition coefficient (Wildman–Crippen LogP) is 6.80. The van der Waals surface area contributed by atoms with Crippen molar-refractivity contribution in [2.75, 3.05) is 32.1 Å². The molecule has 0 aromatic heterocycles. The zero-order valence-corrected chi connectivity index (χ0v) is 25.4. The summed E-state index contributed by atoms with van der Waals surface area (Å²) >= 11 is 0. The third-order valence-electron chi connectivity index (χ3n) is 7.41. The summed E-state index contributed by atoms with van der Waals surface area (Å²) in [7, 11) is 3.94. The number of carbonyl (C=O) groups excluding carboxylic acids is 1. The predicted molar refractivity (Wildman–Crippen MR) is 166 cm³/mol. The molecule has 1 heterocycles. The van der Waals surface area contributed by atoms with E-state index < -0.39 is 18.0 Å². The highest BCUT2D eigenvalue weighted by Crippen LogP contribution is 2.45. The number of halogens is 1. The maximum absolute atomic E-state index is 12.7. The van der Waals surface area contributed by atoms with E-state index in [0.29, 0.717) is 34.6 Å². The molecule has 0 fully saturated rings. The fourth-order valence-corrected chi connectivity index (χ4v) is 5.15. The molecule has 0 amide bonds. The molecule has 0 saturated heterocycles. The van der Waals surface area contributed by atoms with Crippen LogP contribution in [0.1, 0.15) is 67.3 Å². The second kappa shape index (κ2) is 13.2. The number of hydrogen-bond acceptors (Lipinski definition) is 6. The van der Waals surface area contributed by atoms with Gasteiger partial charge in [0.15, 0.2) is 0 Å². The number of anilines is 1. The summed E-state index contributed by atoms with van der Waals surface area (Å²) in [6.07, 6.45) is 6.19. The number of rotatable bonds is 10. The van der Waals surface area contributed by atoms with E-state index in [0.717, 1.165) is 35.5 Å². The fraction of sp³-hybridized carbons (Fsp3) is 0.333. The molecule has 1 aliphatic carbocycles. The second-order valence-corrected chi connectivity index (χ2v) is 10.3. The van der Waals surface area contributed by atoms with Gasteiger partial charge in [0, 0.05) is 48.1 Å². The van der Waals surface area contributed by atoms with Crippen molar-refractivity contribution in [3.05, 3.63) is 100 Å². The van der Waals surface area contributed by atoms with Crippen LogP contribution in [0.3, 0.4) is 0 Å². The average Bonchev–Trinajstić information content (AvgIpc) is 2.94. The number of likely N-dealkylation sites (N-methyl/N-ethyl adjacent to an activating group) is 1. The lowest BCUT2D eigenvalue weighted by Crippen LogP contribution is -2.34. The molecule has 4 rings (SSSR count). The second-order valence-electron chi connectivity index (χ2n) is 10.3. The molecule has 7 nitrogen and oxygen atoms in total. The van der Waals surface area contributed by atoms with Crippen LogP contribution in [0, 0.1) is 0 Å². The fourth-order valence-electron chi connectivity index (χ4n) is 5.15. The number of benzene rings is 2. The van der Waals surface area contributed by atoms with Crippen LogP contribution in [-0.2, 0) is 9.53 Å². The van der Waals surface area contributed by atoms with Crippen molar-refractivity contribution in [1.82, 2.24) is 4.90 Å². The lowest BCUT2D eigenvalue weighted by atomic mass is 9.84. The molecule has 41 heavy (non-hydrogen) atoms. The summed E-state index contributed by atoms with van der Waals surface area (Å²) in [6.45, 7) is 13.2. The molecular formula is C33H39ClN2O5. The highest BCUT2D eigenvalue weighted by Gasteiger charge is 2.31. The Morgan fingerprint density at radius 2 is 1.76 bits per heavy atom. The van der Waals surface area contributed by atoms with Crippen LogP contribution in [0.5, 0.6) is 5.75 Å². The summed E-state index contributed by atoms with van der Waals surface area (Å²) < 4.78 is 12.1. The van der Waals surface area contributed by atoms with Crippen LogP contribution in [0.15, 0.2) is 78.1 Å². The van der Waals surface area contributed by atoms with E-state index in [1.807, 2.05) is 62.3 Å². The van der Waals surface area contributed by atoms with Crippen LogP contribution < -0.4 is 9.64 Å². The molecule has 8 heteroatoms. The molecule has 0 saturated carbocycles. The van der Waals surface area contributed by atoms with Crippen molar-refractivity contribution in [2.24, 2.45) is 0 Å². The Morgan fingerprint density at radius 3 is 2.34 bits per heavy atom. The number of carboxylic acid groups (broad SMARTS) is 1. The lowest BCUT2D eigenvalue weighted by molar-refractivity contribution is -0.144. The van der Waals surface area contributed by atoms with Crippen molar-refractivity contribution < 1.29 is 24.2 Å². The van der Waals surface area contributed by atoms with Crippen LogP contribution in [0.2, 0.25) is 0 Å². The Morgan fingerprint density at radius 1 is 1.07 bits per heavy atom. The van der Waals surface area contributed by atoms with E-state index in [4.69, 9.17) is 9.47 Å². The van der Waals surface area contributed by atoms with Gasteiger partial charge in [0.05, 0.1) is 11.6 Å². The van der Waals surface area contributed by atoms with Gasteiger partial charge in [0.2, 0.25) is 0 Å². The van der Waals surface area contributed by atoms with Crippen molar-refractivity contribution in [1.29, 1.82) is 0 Å². The first-order chi connectivity index (χ1) is 19.1. The minimum Gasteiger partial charge on any atom is -0.478 e. The number of carboxylic acids is 1. The molecule has 2 atom stereocenters. The minimum atomic E-state index is -1.06. The van der Waals surface area contributed by atoms with Gasteiger partial charge in [-0.1, -0.05) is 51.6 Å². The number of allylic oxidation sites excluding steroid dienone is 1. The quantitative estimate of drug-likeness (QED) is 0.245. The molecule has 2 aromatic carbocycles. The Bertz CT molecular complexity index is 1440. The van der Waals surface area contributed by atoms with Crippen LogP contribution in [0.4, 0.5) is 5.69 Å². The van der Waals surface area contributed by atoms with Crippen molar-refractivity contribution in [3.8, 4) is 5.75 Å². The highest BCUT2D eigenvalue weighted by atomic mass is 35.5. The van der Waals surface area contributed by atoms with Gasteiger partial charge < -0.3 is 19.5 Å².